The molecule has 0 radical (unpaired) electrons. The zero-order chi connectivity index (χ0) is 13.9. The van der Waals surface area contributed by atoms with Gasteiger partial charge in [-0.05, 0) is 31.0 Å². The Balaban J connectivity index is 1.71. The Morgan fingerprint density at radius 3 is 3.00 bits per heavy atom. The second-order valence-electron chi connectivity index (χ2n) is 5.60. The van der Waals surface area contributed by atoms with Gasteiger partial charge in [-0.3, -0.25) is 4.79 Å². The van der Waals surface area contributed by atoms with E-state index in [-0.39, 0.29) is 12.0 Å². The van der Waals surface area contributed by atoms with Crippen molar-refractivity contribution in [2.45, 2.75) is 38.3 Å². The molecule has 1 aromatic carbocycles. The van der Waals surface area contributed by atoms with Gasteiger partial charge in [-0.2, -0.15) is 0 Å². The smallest absolute Gasteiger partial charge is 0.264 e. The van der Waals surface area contributed by atoms with Gasteiger partial charge in [-0.15, -0.1) is 0 Å². The van der Waals surface area contributed by atoms with Crippen LogP contribution >= 0.6 is 0 Å². The Morgan fingerprint density at radius 2 is 2.30 bits per heavy atom. The molecule has 1 aromatic rings. The van der Waals surface area contributed by atoms with Crippen molar-refractivity contribution in [1.82, 2.24) is 10.2 Å². The van der Waals surface area contributed by atoms with Crippen LogP contribution in [-0.2, 0) is 11.2 Å². The summed E-state index contributed by atoms with van der Waals surface area (Å²) in [5, 5.41) is 3.34. The third-order valence-electron chi connectivity index (χ3n) is 4.15. The number of benzene rings is 1. The van der Waals surface area contributed by atoms with Gasteiger partial charge in [0.25, 0.3) is 5.91 Å². The summed E-state index contributed by atoms with van der Waals surface area (Å²) >= 11 is 0. The largest absolute Gasteiger partial charge is 0.480 e. The lowest BCUT2D eigenvalue weighted by Gasteiger charge is -2.30. The van der Waals surface area contributed by atoms with Gasteiger partial charge in [-0.25, -0.2) is 0 Å². The average molecular weight is 274 g/mol. The normalized spacial score (nSPS) is 24.2. The first-order valence-corrected chi connectivity index (χ1v) is 7.55. The van der Waals surface area contributed by atoms with Gasteiger partial charge in [0.2, 0.25) is 0 Å². The Morgan fingerprint density at radius 1 is 1.45 bits per heavy atom. The highest BCUT2D eigenvalue weighted by Gasteiger charge is 2.35. The Labute approximate surface area is 120 Å². The minimum atomic E-state index is -0.334. The van der Waals surface area contributed by atoms with Crippen LogP contribution in [0.15, 0.2) is 24.3 Å². The van der Waals surface area contributed by atoms with Gasteiger partial charge < -0.3 is 15.0 Å². The van der Waals surface area contributed by atoms with Gasteiger partial charge in [0.05, 0.1) is 0 Å². The molecule has 20 heavy (non-hydrogen) atoms. The van der Waals surface area contributed by atoms with Gasteiger partial charge in [0.1, 0.15) is 5.75 Å². The molecule has 0 saturated carbocycles. The van der Waals surface area contributed by atoms with Crippen molar-refractivity contribution in [1.29, 1.82) is 0 Å². The van der Waals surface area contributed by atoms with Crippen LogP contribution in [0.4, 0.5) is 0 Å². The van der Waals surface area contributed by atoms with E-state index in [1.165, 1.54) is 0 Å². The minimum absolute atomic E-state index is 0.150. The van der Waals surface area contributed by atoms with E-state index in [0.29, 0.717) is 12.5 Å². The van der Waals surface area contributed by atoms with Crippen LogP contribution in [0.1, 0.15) is 25.3 Å². The molecular weight excluding hydrogens is 252 g/mol. The number of hydrogen-bond acceptors (Lipinski definition) is 3. The molecule has 2 atom stereocenters. The lowest BCUT2D eigenvalue weighted by atomic mass is 10.1. The number of rotatable bonds is 4. The second kappa shape index (κ2) is 5.83. The molecule has 0 aromatic heterocycles. The van der Waals surface area contributed by atoms with Crippen molar-refractivity contribution in [3.05, 3.63) is 29.8 Å². The maximum Gasteiger partial charge on any atom is 0.264 e. The monoisotopic (exact) mass is 274 g/mol. The molecule has 3 rings (SSSR count). The predicted molar refractivity (Wildman–Crippen MR) is 77.8 cm³/mol. The van der Waals surface area contributed by atoms with Crippen molar-refractivity contribution >= 4 is 5.91 Å². The number of fused-ring (bicyclic) bond motifs is 1. The molecule has 1 fully saturated rings. The summed E-state index contributed by atoms with van der Waals surface area (Å²) in [7, 11) is 0. The first kappa shape index (κ1) is 13.4. The molecule has 1 amide bonds. The van der Waals surface area contributed by atoms with Crippen molar-refractivity contribution in [2.75, 3.05) is 19.6 Å². The zero-order valence-corrected chi connectivity index (χ0v) is 12.0. The summed E-state index contributed by atoms with van der Waals surface area (Å²) in [5.41, 5.74) is 1.15. The lowest BCUT2D eigenvalue weighted by molar-refractivity contribution is -0.140. The summed E-state index contributed by atoms with van der Waals surface area (Å²) in [5.74, 6) is 1.02. The molecule has 2 aliphatic rings. The van der Waals surface area contributed by atoms with E-state index in [4.69, 9.17) is 4.74 Å². The highest BCUT2D eigenvalue weighted by molar-refractivity contribution is 5.83. The standard InChI is InChI=1S/C16H22N2O2/c1-2-9-18(13-7-8-17-11-13)16(19)15-10-12-5-3-4-6-14(12)20-15/h3-6,13,15,17H,2,7-11H2,1H3. The quantitative estimate of drug-likeness (QED) is 0.906. The van der Waals surface area contributed by atoms with E-state index in [9.17, 15) is 4.79 Å². The zero-order valence-electron chi connectivity index (χ0n) is 12.0. The van der Waals surface area contributed by atoms with Crippen LogP contribution in [0, 0.1) is 0 Å². The Kier molecular flexibility index (Phi) is 3.92. The maximum absolute atomic E-state index is 12.8. The number of para-hydroxylation sites is 1. The number of carbonyl (C=O) groups is 1. The summed E-state index contributed by atoms with van der Waals surface area (Å²) < 4.78 is 5.84. The molecule has 1 N–H and O–H groups in total. The number of ether oxygens (including phenoxy) is 1. The lowest BCUT2D eigenvalue weighted by Crippen LogP contribution is -2.48. The van der Waals surface area contributed by atoms with Crippen LogP contribution < -0.4 is 10.1 Å². The third kappa shape index (κ3) is 2.52. The molecule has 1 saturated heterocycles. The fourth-order valence-corrected chi connectivity index (χ4v) is 3.12. The van der Waals surface area contributed by atoms with Crippen LogP contribution in [0.2, 0.25) is 0 Å². The van der Waals surface area contributed by atoms with E-state index in [0.717, 1.165) is 43.8 Å². The van der Waals surface area contributed by atoms with E-state index in [2.05, 4.69) is 12.2 Å². The van der Waals surface area contributed by atoms with Gasteiger partial charge in [0.15, 0.2) is 6.10 Å². The molecular formula is C16H22N2O2. The number of hydrogen-bond donors (Lipinski definition) is 1. The Bertz CT molecular complexity index is 458. The highest BCUT2D eigenvalue weighted by Crippen LogP contribution is 2.29. The number of amides is 1. The Hall–Kier alpha value is -1.55. The molecule has 4 heteroatoms. The fraction of sp³-hybridized carbons (Fsp3) is 0.562. The highest BCUT2D eigenvalue weighted by atomic mass is 16.5. The average Bonchev–Trinajstić information content (AvgIpc) is 3.12. The predicted octanol–water partition coefficient (Wildman–Crippen LogP) is 1.59. The fourth-order valence-electron chi connectivity index (χ4n) is 3.12. The number of carbonyl (C=O) groups excluding carboxylic acids is 1. The van der Waals surface area contributed by atoms with Gasteiger partial charge in [0, 0.05) is 25.6 Å². The molecule has 2 aliphatic heterocycles. The van der Waals surface area contributed by atoms with E-state index >= 15 is 0 Å². The second-order valence-corrected chi connectivity index (χ2v) is 5.60. The summed E-state index contributed by atoms with van der Waals surface area (Å²) in [6.07, 6.45) is 2.41. The van der Waals surface area contributed by atoms with Crippen LogP contribution in [-0.4, -0.2) is 42.6 Å². The number of nitrogens with zero attached hydrogens (tertiary/aromatic N) is 1. The van der Waals surface area contributed by atoms with Crippen LogP contribution in [0.3, 0.4) is 0 Å². The van der Waals surface area contributed by atoms with Crippen molar-refractivity contribution in [2.24, 2.45) is 0 Å². The summed E-state index contributed by atoms with van der Waals surface area (Å²) in [6, 6.07) is 8.28. The van der Waals surface area contributed by atoms with Gasteiger partial charge >= 0.3 is 0 Å². The van der Waals surface area contributed by atoms with Gasteiger partial charge in [-0.1, -0.05) is 25.1 Å². The molecule has 2 heterocycles. The first-order valence-electron chi connectivity index (χ1n) is 7.55. The number of nitrogens with one attached hydrogen (secondary N) is 1. The van der Waals surface area contributed by atoms with E-state index in [1.54, 1.807) is 0 Å². The summed E-state index contributed by atoms with van der Waals surface area (Å²) in [6.45, 7) is 4.85. The van der Waals surface area contributed by atoms with Crippen LogP contribution in [0.25, 0.3) is 0 Å². The maximum atomic E-state index is 12.8. The van der Waals surface area contributed by atoms with E-state index < -0.39 is 0 Å². The first-order chi connectivity index (χ1) is 9.79. The SMILES string of the molecule is CCCN(C(=O)C1Cc2ccccc2O1)C1CCNC1. The molecule has 4 nitrogen and oxygen atoms in total. The van der Waals surface area contributed by atoms with Crippen molar-refractivity contribution in [3.63, 3.8) is 0 Å². The molecule has 0 aliphatic carbocycles. The van der Waals surface area contributed by atoms with Crippen LogP contribution in [0.5, 0.6) is 5.75 Å². The van der Waals surface area contributed by atoms with E-state index in [1.807, 2.05) is 29.2 Å². The molecule has 2 unspecified atom stereocenters. The molecule has 0 bridgehead atoms. The third-order valence-corrected chi connectivity index (χ3v) is 4.15. The molecule has 0 spiro atoms. The summed E-state index contributed by atoms with van der Waals surface area (Å²) in [4.78, 5) is 14.8. The van der Waals surface area contributed by atoms with Crippen molar-refractivity contribution < 1.29 is 9.53 Å². The topological polar surface area (TPSA) is 41.6 Å². The molecule has 108 valence electrons. The minimum Gasteiger partial charge on any atom is -0.480 e. The van der Waals surface area contributed by atoms with Crippen molar-refractivity contribution in [3.8, 4) is 5.75 Å².